The van der Waals surface area contributed by atoms with E-state index in [9.17, 15) is 4.79 Å². The van der Waals surface area contributed by atoms with Crippen molar-refractivity contribution in [2.75, 3.05) is 5.32 Å². The summed E-state index contributed by atoms with van der Waals surface area (Å²) < 4.78 is 4.58. The first-order chi connectivity index (χ1) is 5.61. The Morgan fingerprint density at radius 3 is 2.92 bits per heavy atom. The first-order valence-corrected chi connectivity index (χ1v) is 3.51. The molecule has 1 heterocycles. The fraction of sp³-hybridized carbons (Fsp3) is 0.429. The number of rotatable bonds is 2. The number of hydrogen-bond donors (Lipinski definition) is 2. The monoisotopic (exact) mass is 170 g/mol. The van der Waals surface area contributed by atoms with Crippen molar-refractivity contribution in [3.63, 3.8) is 0 Å². The van der Waals surface area contributed by atoms with E-state index in [1.807, 2.05) is 0 Å². The lowest BCUT2D eigenvalue weighted by molar-refractivity contribution is -0.123. The Morgan fingerprint density at radius 1 is 1.83 bits per heavy atom. The smallest absolute Gasteiger partial charge is 0.254 e. The Hall–Kier alpha value is -1.36. The van der Waals surface area contributed by atoms with Gasteiger partial charge in [0.2, 0.25) is 0 Å². The Kier molecular flexibility index (Phi) is 2.44. The van der Waals surface area contributed by atoms with Crippen LogP contribution < -0.4 is 5.32 Å². The van der Waals surface area contributed by atoms with Crippen LogP contribution in [0.15, 0.2) is 10.8 Å². The second-order valence-corrected chi connectivity index (χ2v) is 2.51. The van der Waals surface area contributed by atoms with Gasteiger partial charge in [-0.2, -0.15) is 0 Å². The Bertz CT molecular complexity index is 280. The van der Waals surface area contributed by atoms with Gasteiger partial charge in [-0.15, -0.1) is 0 Å². The van der Waals surface area contributed by atoms with Crippen molar-refractivity contribution in [3.8, 4) is 0 Å². The summed E-state index contributed by atoms with van der Waals surface area (Å²) in [5.74, 6) is -0.145. The van der Waals surface area contributed by atoms with Gasteiger partial charge in [0, 0.05) is 5.56 Å². The quantitative estimate of drug-likeness (QED) is 0.669. The van der Waals surface area contributed by atoms with Gasteiger partial charge in [-0.3, -0.25) is 4.79 Å². The normalized spacial score (nSPS) is 12.6. The zero-order chi connectivity index (χ0) is 9.14. The maximum atomic E-state index is 10.9. The fourth-order valence-corrected chi connectivity index (χ4v) is 0.628. The highest BCUT2D eigenvalue weighted by molar-refractivity contribution is 5.93. The fourth-order valence-electron chi connectivity index (χ4n) is 0.628. The molecule has 1 amide bonds. The van der Waals surface area contributed by atoms with Crippen LogP contribution in [0.1, 0.15) is 12.5 Å². The molecular formula is C7H10N2O3. The Morgan fingerprint density at radius 2 is 2.50 bits per heavy atom. The third-order valence-electron chi connectivity index (χ3n) is 1.37. The molecule has 0 aliphatic carbocycles. The molecule has 0 saturated carbocycles. The largest absolute Gasteiger partial charge is 0.384 e. The summed E-state index contributed by atoms with van der Waals surface area (Å²) in [6.07, 6.45) is 0.374. The zero-order valence-corrected chi connectivity index (χ0v) is 6.87. The maximum absolute atomic E-state index is 10.9. The van der Waals surface area contributed by atoms with Crippen molar-refractivity contribution < 1.29 is 14.4 Å². The summed E-state index contributed by atoms with van der Waals surface area (Å²) >= 11 is 0. The molecule has 0 aliphatic rings. The van der Waals surface area contributed by atoms with E-state index in [0.29, 0.717) is 5.82 Å². The third kappa shape index (κ3) is 1.82. The molecule has 66 valence electrons. The zero-order valence-electron chi connectivity index (χ0n) is 6.87. The highest BCUT2D eigenvalue weighted by Gasteiger charge is 2.11. The summed E-state index contributed by atoms with van der Waals surface area (Å²) in [4.78, 5) is 10.9. The Labute approximate surface area is 69.4 Å². The SMILES string of the molecule is Cc1conc1NC(=O)[C@H](C)O. The molecule has 1 aromatic heterocycles. The standard InChI is InChI=1S/C7H10N2O3/c1-4-3-12-9-6(4)8-7(11)5(2)10/h3,5,10H,1-2H3,(H,8,9,11)/t5-/m0/s1. The predicted octanol–water partition coefficient (Wildman–Crippen LogP) is 0.302. The van der Waals surface area contributed by atoms with Crippen LogP contribution in [0, 0.1) is 6.92 Å². The number of aryl methyl sites for hydroxylation is 1. The van der Waals surface area contributed by atoms with Gasteiger partial charge in [0.1, 0.15) is 12.4 Å². The van der Waals surface area contributed by atoms with Gasteiger partial charge in [-0.25, -0.2) is 0 Å². The first kappa shape index (κ1) is 8.73. The molecule has 1 aromatic rings. The molecule has 12 heavy (non-hydrogen) atoms. The lowest BCUT2D eigenvalue weighted by Crippen LogP contribution is -2.24. The van der Waals surface area contributed by atoms with Gasteiger partial charge >= 0.3 is 0 Å². The van der Waals surface area contributed by atoms with Crippen LogP contribution in [-0.2, 0) is 4.79 Å². The molecule has 0 bridgehead atoms. The van der Waals surface area contributed by atoms with Crippen LogP contribution in [0.4, 0.5) is 5.82 Å². The number of hydrogen-bond acceptors (Lipinski definition) is 4. The molecule has 0 saturated heterocycles. The van der Waals surface area contributed by atoms with Crippen molar-refractivity contribution in [1.29, 1.82) is 0 Å². The number of aliphatic hydroxyl groups excluding tert-OH is 1. The molecule has 0 fully saturated rings. The van der Waals surface area contributed by atoms with Crippen LogP contribution >= 0.6 is 0 Å². The van der Waals surface area contributed by atoms with Crippen molar-refractivity contribution in [2.45, 2.75) is 20.0 Å². The van der Waals surface area contributed by atoms with Crippen LogP contribution in [0.3, 0.4) is 0 Å². The van der Waals surface area contributed by atoms with E-state index in [4.69, 9.17) is 5.11 Å². The van der Waals surface area contributed by atoms with Crippen molar-refractivity contribution in [2.24, 2.45) is 0 Å². The van der Waals surface area contributed by atoms with E-state index in [1.165, 1.54) is 13.2 Å². The molecular weight excluding hydrogens is 160 g/mol. The van der Waals surface area contributed by atoms with E-state index < -0.39 is 12.0 Å². The van der Waals surface area contributed by atoms with Gasteiger partial charge in [-0.1, -0.05) is 5.16 Å². The summed E-state index contributed by atoms with van der Waals surface area (Å²) in [7, 11) is 0. The van der Waals surface area contributed by atoms with Crippen molar-refractivity contribution in [3.05, 3.63) is 11.8 Å². The average molecular weight is 170 g/mol. The maximum Gasteiger partial charge on any atom is 0.254 e. The summed E-state index contributed by atoms with van der Waals surface area (Å²) in [6, 6.07) is 0. The molecule has 2 N–H and O–H groups in total. The minimum absolute atomic E-state index is 0.348. The number of anilines is 1. The van der Waals surface area contributed by atoms with Crippen LogP contribution in [0.2, 0.25) is 0 Å². The molecule has 0 aromatic carbocycles. The van der Waals surface area contributed by atoms with E-state index in [1.54, 1.807) is 6.92 Å². The molecule has 5 nitrogen and oxygen atoms in total. The Balaban J connectivity index is 2.64. The third-order valence-corrected chi connectivity index (χ3v) is 1.37. The van der Waals surface area contributed by atoms with Crippen LogP contribution in [0.25, 0.3) is 0 Å². The molecule has 1 rings (SSSR count). The number of nitrogens with zero attached hydrogens (tertiary/aromatic N) is 1. The van der Waals surface area contributed by atoms with Gasteiger partial charge < -0.3 is 14.9 Å². The summed E-state index contributed by atoms with van der Waals surface area (Å²) in [5.41, 5.74) is 0.726. The predicted molar refractivity (Wildman–Crippen MR) is 41.6 cm³/mol. The lowest BCUT2D eigenvalue weighted by atomic mass is 10.3. The van der Waals surface area contributed by atoms with E-state index in [0.717, 1.165) is 5.56 Å². The van der Waals surface area contributed by atoms with Gasteiger partial charge in [0.15, 0.2) is 5.82 Å². The number of amides is 1. The van der Waals surface area contributed by atoms with Crippen LogP contribution in [0.5, 0.6) is 0 Å². The summed E-state index contributed by atoms with van der Waals surface area (Å²) in [6.45, 7) is 3.12. The molecule has 0 radical (unpaired) electrons. The molecule has 0 aliphatic heterocycles. The molecule has 5 heteroatoms. The van der Waals surface area contributed by atoms with Crippen LogP contribution in [-0.4, -0.2) is 22.3 Å². The number of carbonyl (C=O) groups is 1. The van der Waals surface area contributed by atoms with Gasteiger partial charge in [0.05, 0.1) is 0 Å². The highest BCUT2D eigenvalue weighted by Crippen LogP contribution is 2.10. The van der Waals surface area contributed by atoms with Gasteiger partial charge in [-0.05, 0) is 13.8 Å². The second kappa shape index (κ2) is 3.36. The lowest BCUT2D eigenvalue weighted by Gasteiger charge is -2.03. The number of aliphatic hydroxyl groups is 1. The first-order valence-electron chi connectivity index (χ1n) is 3.51. The van der Waals surface area contributed by atoms with E-state index >= 15 is 0 Å². The highest BCUT2D eigenvalue weighted by atomic mass is 16.5. The van der Waals surface area contributed by atoms with E-state index in [-0.39, 0.29) is 0 Å². The minimum atomic E-state index is -1.04. The molecule has 1 atom stereocenters. The summed E-state index contributed by atoms with van der Waals surface area (Å²) in [5, 5.41) is 14.8. The molecule has 0 unspecified atom stereocenters. The molecule has 0 spiro atoms. The topological polar surface area (TPSA) is 75.4 Å². The number of aromatic nitrogens is 1. The second-order valence-electron chi connectivity index (χ2n) is 2.51. The minimum Gasteiger partial charge on any atom is -0.384 e. The number of carbonyl (C=O) groups excluding carboxylic acids is 1. The number of nitrogens with one attached hydrogen (secondary N) is 1. The van der Waals surface area contributed by atoms with Crippen molar-refractivity contribution >= 4 is 11.7 Å². The van der Waals surface area contributed by atoms with Gasteiger partial charge in [0.25, 0.3) is 5.91 Å². The van der Waals surface area contributed by atoms with E-state index in [2.05, 4.69) is 15.0 Å². The average Bonchev–Trinajstić information content (AvgIpc) is 2.36. The van der Waals surface area contributed by atoms with Crippen molar-refractivity contribution in [1.82, 2.24) is 5.16 Å².